The van der Waals surface area contributed by atoms with Gasteiger partial charge in [-0.3, -0.25) is 14.4 Å². The molecule has 0 heterocycles. The SMILES string of the molecule is CCCCCCCCCCCCCCCCCCCC(=O)OC[C@@H](COC(=O)CCCCCCCCCCCCCCCC)OC(=O)CCCCCCCCCCCC. The van der Waals surface area contributed by atoms with Gasteiger partial charge in [-0.25, -0.2) is 0 Å². The Kier molecular flexibility index (Phi) is 47.7. The van der Waals surface area contributed by atoms with Crippen molar-refractivity contribution in [2.24, 2.45) is 0 Å². The zero-order chi connectivity index (χ0) is 43.0. The highest BCUT2D eigenvalue weighted by atomic mass is 16.6. The number of esters is 3. The van der Waals surface area contributed by atoms with Gasteiger partial charge in [0.15, 0.2) is 6.10 Å². The van der Waals surface area contributed by atoms with Crippen LogP contribution in [-0.2, 0) is 28.6 Å². The molecule has 350 valence electrons. The molecule has 0 unspecified atom stereocenters. The van der Waals surface area contributed by atoms with Crippen molar-refractivity contribution in [1.29, 1.82) is 0 Å². The van der Waals surface area contributed by atoms with Gasteiger partial charge in [0.25, 0.3) is 0 Å². The molecule has 0 rings (SSSR count). The van der Waals surface area contributed by atoms with Crippen LogP contribution in [0.5, 0.6) is 0 Å². The molecule has 0 aliphatic heterocycles. The number of carbonyl (C=O) groups is 3. The second kappa shape index (κ2) is 49.1. The highest BCUT2D eigenvalue weighted by Crippen LogP contribution is 2.17. The van der Waals surface area contributed by atoms with Crippen LogP contribution in [0.25, 0.3) is 0 Å². The lowest BCUT2D eigenvalue weighted by molar-refractivity contribution is -0.167. The number of ether oxygens (including phenoxy) is 3. The third kappa shape index (κ3) is 47.3. The fraction of sp³-hybridized carbons (Fsp3) is 0.943. The molecule has 0 aromatic carbocycles. The van der Waals surface area contributed by atoms with E-state index in [9.17, 15) is 14.4 Å². The number of hydrogen-bond acceptors (Lipinski definition) is 6. The van der Waals surface area contributed by atoms with Crippen molar-refractivity contribution in [3.63, 3.8) is 0 Å². The van der Waals surface area contributed by atoms with E-state index in [1.165, 1.54) is 205 Å². The van der Waals surface area contributed by atoms with E-state index in [1.807, 2.05) is 0 Å². The monoisotopic (exact) mass is 835 g/mol. The van der Waals surface area contributed by atoms with Gasteiger partial charge < -0.3 is 14.2 Å². The Morgan fingerprint density at radius 3 is 0.678 bits per heavy atom. The Bertz CT molecular complexity index is 874. The van der Waals surface area contributed by atoms with E-state index in [1.54, 1.807) is 0 Å². The van der Waals surface area contributed by atoms with Crippen LogP contribution in [0.3, 0.4) is 0 Å². The van der Waals surface area contributed by atoms with Crippen molar-refractivity contribution in [3.8, 4) is 0 Å². The Balaban J connectivity index is 4.24. The van der Waals surface area contributed by atoms with Crippen molar-refractivity contribution >= 4 is 17.9 Å². The summed E-state index contributed by atoms with van der Waals surface area (Å²) >= 11 is 0. The summed E-state index contributed by atoms with van der Waals surface area (Å²) < 4.78 is 16.8. The summed E-state index contributed by atoms with van der Waals surface area (Å²) in [7, 11) is 0. The third-order valence-electron chi connectivity index (χ3n) is 12.1. The second-order valence-corrected chi connectivity index (χ2v) is 18.2. The van der Waals surface area contributed by atoms with Gasteiger partial charge in [-0.15, -0.1) is 0 Å². The Morgan fingerprint density at radius 2 is 0.458 bits per heavy atom. The molecule has 0 bridgehead atoms. The zero-order valence-electron chi connectivity index (χ0n) is 40.1. The Morgan fingerprint density at radius 1 is 0.271 bits per heavy atom. The Labute approximate surface area is 368 Å². The quantitative estimate of drug-likeness (QED) is 0.0345. The number of hydrogen-bond donors (Lipinski definition) is 0. The molecular weight excluding hydrogens is 733 g/mol. The normalized spacial score (nSPS) is 11.8. The summed E-state index contributed by atoms with van der Waals surface area (Å²) in [6.45, 7) is 6.68. The molecule has 6 heteroatoms. The van der Waals surface area contributed by atoms with Crippen LogP contribution >= 0.6 is 0 Å². The van der Waals surface area contributed by atoms with Crippen molar-refractivity contribution in [1.82, 2.24) is 0 Å². The van der Waals surface area contributed by atoms with Gasteiger partial charge in [0, 0.05) is 19.3 Å². The van der Waals surface area contributed by atoms with Crippen molar-refractivity contribution in [2.45, 2.75) is 309 Å². The molecule has 0 fully saturated rings. The molecular formula is C53H102O6. The first kappa shape index (κ1) is 57.4. The lowest BCUT2D eigenvalue weighted by Crippen LogP contribution is -2.30. The third-order valence-corrected chi connectivity index (χ3v) is 12.1. The highest BCUT2D eigenvalue weighted by Gasteiger charge is 2.19. The second-order valence-electron chi connectivity index (χ2n) is 18.2. The van der Waals surface area contributed by atoms with Crippen molar-refractivity contribution in [2.75, 3.05) is 13.2 Å². The molecule has 0 N–H and O–H groups in total. The van der Waals surface area contributed by atoms with E-state index in [-0.39, 0.29) is 31.1 Å². The van der Waals surface area contributed by atoms with Gasteiger partial charge in [-0.2, -0.15) is 0 Å². The van der Waals surface area contributed by atoms with Gasteiger partial charge in [0.1, 0.15) is 13.2 Å². The molecule has 59 heavy (non-hydrogen) atoms. The first-order valence-corrected chi connectivity index (χ1v) is 26.5. The average molecular weight is 835 g/mol. The molecule has 6 nitrogen and oxygen atoms in total. The maximum absolute atomic E-state index is 12.7. The summed E-state index contributed by atoms with van der Waals surface area (Å²) in [5, 5.41) is 0. The van der Waals surface area contributed by atoms with Gasteiger partial charge >= 0.3 is 17.9 Å². The van der Waals surface area contributed by atoms with Crippen LogP contribution in [0, 0.1) is 0 Å². The molecule has 0 aromatic heterocycles. The maximum Gasteiger partial charge on any atom is 0.306 e. The maximum atomic E-state index is 12.7. The fourth-order valence-corrected chi connectivity index (χ4v) is 8.09. The van der Waals surface area contributed by atoms with Crippen molar-refractivity contribution in [3.05, 3.63) is 0 Å². The van der Waals surface area contributed by atoms with E-state index < -0.39 is 6.10 Å². The smallest absolute Gasteiger partial charge is 0.306 e. The summed E-state index contributed by atoms with van der Waals surface area (Å²) in [5.74, 6) is -0.841. The van der Waals surface area contributed by atoms with Crippen LogP contribution in [-0.4, -0.2) is 37.2 Å². The highest BCUT2D eigenvalue weighted by molar-refractivity contribution is 5.71. The first-order valence-electron chi connectivity index (χ1n) is 26.5. The molecule has 0 amide bonds. The molecule has 0 aliphatic carbocycles. The van der Waals surface area contributed by atoms with Crippen LogP contribution < -0.4 is 0 Å². The van der Waals surface area contributed by atoms with Crippen LogP contribution in [0.15, 0.2) is 0 Å². The molecule has 0 aliphatic rings. The van der Waals surface area contributed by atoms with Crippen molar-refractivity contribution < 1.29 is 28.6 Å². The Hall–Kier alpha value is -1.59. The molecule has 0 saturated carbocycles. The minimum Gasteiger partial charge on any atom is -0.462 e. The largest absolute Gasteiger partial charge is 0.462 e. The summed E-state index contributed by atoms with van der Waals surface area (Å²) in [6.07, 6.45) is 52.3. The van der Waals surface area contributed by atoms with Crippen LogP contribution in [0.1, 0.15) is 303 Å². The minimum atomic E-state index is -0.759. The molecule has 0 spiro atoms. The summed E-state index contributed by atoms with van der Waals surface area (Å²) in [5.41, 5.74) is 0. The molecule has 0 aromatic rings. The van der Waals surface area contributed by atoms with E-state index in [2.05, 4.69) is 20.8 Å². The standard InChI is InChI=1S/C53H102O6/c1-4-7-10-13-16-19-22-24-26-27-28-30-32-35-37-40-43-46-52(55)58-49-50(59-53(56)47-44-41-38-33-21-18-15-12-9-6-3)48-57-51(54)45-42-39-36-34-31-29-25-23-20-17-14-11-8-5-2/h50H,4-49H2,1-3H3/t50-/m1/s1. The van der Waals surface area contributed by atoms with Gasteiger partial charge in [0.2, 0.25) is 0 Å². The summed E-state index contributed by atoms with van der Waals surface area (Å²) in [6, 6.07) is 0. The number of rotatable bonds is 49. The first-order chi connectivity index (χ1) is 29.0. The zero-order valence-corrected chi connectivity index (χ0v) is 40.1. The molecule has 0 saturated heterocycles. The van der Waals surface area contributed by atoms with E-state index in [0.717, 1.165) is 57.8 Å². The van der Waals surface area contributed by atoms with E-state index in [4.69, 9.17) is 14.2 Å². The number of carbonyl (C=O) groups excluding carboxylic acids is 3. The predicted molar refractivity (Wildman–Crippen MR) is 252 cm³/mol. The van der Waals surface area contributed by atoms with Gasteiger partial charge in [-0.1, -0.05) is 265 Å². The topological polar surface area (TPSA) is 78.9 Å². The summed E-state index contributed by atoms with van der Waals surface area (Å²) in [4.78, 5) is 37.9. The van der Waals surface area contributed by atoms with E-state index >= 15 is 0 Å². The van der Waals surface area contributed by atoms with Gasteiger partial charge in [-0.05, 0) is 19.3 Å². The van der Waals surface area contributed by atoms with Crippen LogP contribution in [0.2, 0.25) is 0 Å². The lowest BCUT2D eigenvalue weighted by Gasteiger charge is -2.18. The minimum absolute atomic E-state index is 0.0618. The number of unbranched alkanes of at least 4 members (excludes halogenated alkanes) is 38. The van der Waals surface area contributed by atoms with Gasteiger partial charge in [0.05, 0.1) is 0 Å². The molecule has 0 radical (unpaired) electrons. The fourth-order valence-electron chi connectivity index (χ4n) is 8.09. The van der Waals surface area contributed by atoms with Crippen LogP contribution in [0.4, 0.5) is 0 Å². The van der Waals surface area contributed by atoms with E-state index in [0.29, 0.717) is 19.3 Å². The average Bonchev–Trinajstić information content (AvgIpc) is 3.23. The predicted octanol–water partition coefficient (Wildman–Crippen LogP) is 17.2. The lowest BCUT2D eigenvalue weighted by atomic mass is 10.0. The molecule has 1 atom stereocenters.